The molecule has 0 heterocycles. The number of hydrogen-bond acceptors (Lipinski definition) is 4. The smallest absolute Gasteiger partial charge is 0.118 e. The fourth-order valence-electron chi connectivity index (χ4n) is 3.69. The molecule has 1 unspecified atom stereocenters. The Morgan fingerprint density at radius 3 is 2.38 bits per heavy atom. The number of nitrogens with two attached hydrogens (primary N) is 1. The van der Waals surface area contributed by atoms with Gasteiger partial charge in [-0.05, 0) is 54.0 Å². The lowest BCUT2D eigenvalue weighted by Crippen LogP contribution is -2.14. The first-order valence-electron chi connectivity index (χ1n) is 8.05. The van der Waals surface area contributed by atoms with E-state index in [1.165, 1.54) is 0 Å². The molecule has 0 radical (unpaired) electrons. The molecule has 4 nitrogen and oxygen atoms in total. The molecule has 0 amide bonds. The SMILES string of the molecule is COc1ccc(-c2c(C#N)c(N)c(C#N)c3c2CCCC3C)cc1. The van der Waals surface area contributed by atoms with Crippen LogP contribution in [-0.2, 0) is 6.42 Å². The van der Waals surface area contributed by atoms with E-state index >= 15 is 0 Å². The van der Waals surface area contributed by atoms with Crippen molar-refractivity contribution in [3.8, 4) is 29.0 Å². The van der Waals surface area contributed by atoms with Gasteiger partial charge >= 0.3 is 0 Å². The van der Waals surface area contributed by atoms with Crippen LogP contribution in [0.3, 0.4) is 0 Å². The second-order valence-electron chi connectivity index (χ2n) is 6.18. The standard InChI is InChI=1S/C20H19N3O/c1-12-4-3-5-15-18(12)16(10-21)20(23)17(11-22)19(15)13-6-8-14(24-2)9-7-13/h6-9,12H,3-5,23H2,1-2H3. The van der Waals surface area contributed by atoms with E-state index in [1.54, 1.807) is 7.11 Å². The summed E-state index contributed by atoms with van der Waals surface area (Å²) in [6.07, 6.45) is 2.96. The fourth-order valence-corrected chi connectivity index (χ4v) is 3.69. The Hall–Kier alpha value is -2.98. The zero-order chi connectivity index (χ0) is 17.3. The number of methoxy groups -OCH3 is 1. The molecule has 2 N–H and O–H groups in total. The Morgan fingerprint density at radius 2 is 1.79 bits per heavy atom. The number of rotatable bonds is 2. The van der Waals surface area contributed by atoms with E-state index in [0.717, 1.165) is 47.3 Å². The minimum absolute atomic E-state index is 0.274. The van der Waals surface area contributed by atoms with Crippen LogP contribution in [-0.4, -0.2) is 7.11 Å². The zero-order valence-electron chi connectivity index (χ0n) is 13.9. The van der Waals surface area contributed by atoms with Gasteiger partial charge in [-0.1, -0.05) is 19.1 Å². The highest BCUT2D eigenvalue weighted by molar-refractivity contribution is 5.85. The first kappa shape index (κ1) is 15.9. The Kier molecular flexibility index (Phi) is 4.15. The van der Waals surface area contributed by atoms with E-state index in [2.05, 4.69) is 19.1 Å². The highest BCUT2D eigenvalue weighted by Gasteiger charge is 2.28. The van der Waals surface area contributed by atoms with Crippen molar-refractivity contribution < 1.29 is 4.74 Å². The van der Waals surface area contributed by atoms with Gasteiger partial charge in [0.15, 0.2) is 0 Å². The molecular weight excluding hydrogens is 298 g/mol. The maximum atomic E-state index is 9.68. The predicted octanol–water partition coefficient (Wildman–Crippen LogP) is 4.13. The third-order valence-electron chi connectivity index (χ3n) is 4.84. The average molecular weight is 317 g/mol. The Labute approximate surface area is 142 Å². The Morgan fingerprint density at radius 1 is 1.12 bits per heavy atom. The highest BCUT2D eigenvalue weighted by Crippen LogP contribution is 2.44. The summed E-state index contributed by atoms with van der Waals surface area (Å²) in [7, 11) is 1.62. The predicted molar refractivity (Wildman–Crippen MR) is 93.6 cm³/mol. The van der Waals surface area contributed by atoms with Gasteiger partial charge in [0.25, 0.3) is 0 Å². The number of nitrogen functional groups attached to an aromatic ring is 1. The van der Waals surface area contributed by atoms with Crippen molar-refractivity contribution in [2.24, 2.45) is 0 Å². The summed E-state index contributed by atoms with van der Waals surface area (Å²) in [6, 6.07) is 12.1. The van der Waals surface area contributed by atoms with Gasteiger partial charge < -0.3 is 10.5 Å². The van der Waals surface area contributed by atoms with E-state index in [0.29, 0.717) is 16.8 Å². The van der Waals surface area contributed by atoms with Crippen LogP contribution in [0.2, 0.25) is 0 Å². The van der Waals surface area contributed by atoms with Crippen LogP contribution in [0.25, 0.3) is 11.1 Å². The molecule has 1 atom stereocenters. The van der Waals surface area contributed by atoms with Crippen molar-refractivity contribution in [1.29, 1.82) is 10.5 Å². The number of nitriles is 2. The number of fused-ring (bicyclic) bond motifs is 1. The summed E-state index contributed by atoms with van der Waals surface area (Å²) in [5.41, 5.74) is 11.3. The third-order valence-corrected chi connectivity index (χ3v) is 4.84. The van der Waals surface area contributed by atoms with Crippen molar-refractivity contribution in [2.75, 3.05) is 12.8 Å². The van der Waals surface area contributed by atoms with Crippen LogP contribution in [0.5, 0.6) is 5.75 Å². The van der Waals surface area contributed by atoms with Crippen LogP contribution < -0.4 is 10.5 Å². The average Bonchev–Trinajstić information content (AvgIpc) is 2.61. The largest absolute Gasteiger partial charge is 0.497 e. The second kappa shape index (κ2) is 6.26. The van der Waals surface area contributed by atoms with Crippen molar-refractivity contribution in [3.05, 3.63) is 46.5 Å². The number of anilines is 1. The normalized spacial score (nSPS) is 15.9. The molecular formula is C20H19N3O. The monoisotopic (exact) mass is 317 g/mol. The summed E-state index contributed by atoms with van der Waals surface area (Å²) < 4.78 is 5.22. The topological polar surface area (TPSA) is 82.8 Å². The first-order valence-corrected chi connectivity index (χ1v) is 8.05. The molecule has 2 aromatic rings. The fraction of sp³-hybridized carbons (Fsp3) is 0.300. The summed E-state index contributed by atoms with van der Waals surface area (Å²) in [5.74, 6) is 1.04. The lowest BCUT2D eigenvalue weighted by Gasteiger charge is -2.28. The van der Waals surface area contributed by atoms with Gasteiger partial charge in [0, 0.05) is 5.56 Å². The molecule has 1 aliphatic rings. The molecule has 120 valence electrons. The molecule has 0 spiro atoms. The van der Waals surface area contributed by atoms with Crippen LogP contribution in [0, 0.1) is 22.7 Å². The maximum absolute atomic E-state index is 9.68. The van der Waals surface area contributed by atoms with Gasteiger partial charge in [-0.3, -0.25) is 0 Å². The van der Waals surface area contributed by atoms with Gasteiger partial charge in [-0.2, -0.15) is 10.5 Å². The van der Waals surface area contributed by atoms with E-state index < -0.39 is 0 Å². The molecule has 4 heteroatoms. The van der Waals surface area contributed by atoms with Gasteiger partial charge in [0.1, 0.15) is 17.9 Å². The molecule has 0 aromatic heterocycles. The summed E-state index contributed by atoms with van der Waals surface area (Å²) in [6.45, 7) is 2.13. The van der Waals surface area contributed by atoms with Crippen molar-refractivity contribution in [1.82, 2.24) is 0 Å². The van der Waals surface area contributed by atoms with Crippen LogP contribution in [0.4, 0.5) is 5.69 Å². The number of nitrogens with zero attached hydrogens (tertiary/aromatic N) is 2. The molecule has 0 bridgehead atoms. The molecule has 0 aliphatic heterocycles. The van der Waals surface area contributed by atoms with E-state index in [4.69, 9.17) is 10.5 Å². The molecule has 1 aliphatic carbocycles. The van der Waals surface area contributed by atoms with Gasteiger partial charge in [0.2, 0.25) is 0 Å². The summed E-state index contributed by atoms with van der Waals surface area (Å²) >= 11 is 0. The van der Waals surface area contributed by atoms with Crippen molar-refractivity contribution >= 4 is 5.69 Å². The quantitative estimate of drug-likeness (QED) is 0.844. The molecule has 0 fully saturated rings. The lowest BCUT2D eigenvalue weighted by atomic mass is 9.75. The highest BCUT2D eigenvalue weighted by atomic mass is 16.5. The minimum Gasteiger partial charge on any atom is -0.497 e. The zero-order valence-corrected chi connectivity index (χ0v) is 13.9. The van der Waals surface area contributed by atoms with E-state index in [-0.39, 0.29) is 5.92 Å². The molecule has 24 heavy (non-hydrogen) atoms. The van der Waals surface area contributed by atoms with Crippen LogP contribution in [0.1, 0.15) is 47.9 Å². The first-order chi connectivity index (χ1) is 11.6. The Balaban J connectivity index is 2.36. The second-order valence-corrected chi connectivity index (χ2v) is 6.18. The van der Waals surface area contributed by atoms with Crippen molar-refractivity contribution in [2.45, 2.75) is 32.1 Å². The maximum Gasteiger partial charge on any atom is 0.118 e. The number of hydrogen-bond donors (Lipinski definition) is 1. The lowest BCUT2D eigenvalue weighted by molar-refractivity contribution is 0.415. The molecule has 0 saturated carbocycles. The van der Waals surface area contributed by atoms with Crippen LogP contribution in [0.15, 0.2) is 24.3 Å². The van der Waals surface area contributed by atoms with Gasteiger partial charge in [-0.25, -0.2) is 0 Å². The summed E-state index contributed by atoms with van der Waals surface area (Å²) in [5, 5.41) is 19.3. The van der Waals surface area contributed by atoms with E-state index in [1.807, 2.05) is 24.3 Å². The molecule has 2 aromatic carbocycles. The summed E-state index contributed by atoms with van der Waals surface area (Å²) in [4.78, 5) is 0. The van der Waals surface area contributed by atoms with E-state index in [9.17, 15) is 10.5 Å². The number of benzene rings is 2. The Bertz CT molecular complexity index is 870. The van der Waals surface area contributed by atoms with Crippen LogP contribution >= 0.6 is 0 Å². The number of ether oxygens (including phenoxy) is 1. The van der Waals surface area contributed by atoms with Gasteiger partial charge in [-0.15, -0.1) is 0 Å². The molecule has 3 rings (SSSR count). The van der Waals surface area contributed by atoms with Gasteiger partial charge in [0.05, 0.1) is 23.9 Å². The minimum atomic E-state index is 0.274. The molecule has 0 saturated heterocycles. The van der Waals surface area contributed by atoms with Crippen molar-refractivity contribution in [3.63, 3.8) is 0 Å². The third kappa shape index (κ3) is 2.37.